The Hall–Kier alpha value is -1.59. The molecule has 0 spiro atoms. The number of aliphatic carboxylic acids is 1. The molecule has 0 saturated carbocycles. The fraction of sp³-hybridized carbons (Fsp3) is 0.933. The van der Waals surface area contributed by atoms with Crippen molar-refractivity contribution in [3.8, 4) is 0 Å². The molecule has 1 atom stereocenters. The number of carbonyl (C=O) groups is 3. The molecule has 0 bridgehead atoms. The number of nitrogens with one attached hydrogen (secondary N) is 1. The Morgan fingerprint density at radius 1 is 0.471 bits per heavy atom. The molecule has 0 aromatic rings. The van der Waals surface area contributed by atoms with Crippen molar-refractivity contribution in [2.45, 2.75) is 258 Å². The number of hydrogen-bond acceptors (Lipinski definition) is 4. The number of esters is 1. The highest BCUT2D eigenvalue weighted by atomic mass is 16.5. The first-order valence-corrected chi connectivity index (χ1v) is 22.5. The number of unbranched alkanes of at least 4 members (excludes halogenated alkanes) is 30. The molecule has 0 fully saturated rings. The molecule has 0 aromatic heterocycles. The maximum absolute atomic E-state index is 12.7. The van der Waals surface area contributed by atoms with E-state index in [9.17, 15) is 14.4 Å². The van der Waals surface area contributed by atoms with Crippen molar-refractivity contribution in [2.24, 2.45) is 5.92 Å². The van der Waals surface area contributed by atoms with Gasteiger partial charge in [-0.15, -0.1) is 0 Å². The average Bonchev–Trinajstić information content (AvgIpc) is 3.10. The lowest BCUT2D eigenvalue weighted by atomic mass is 10.0. The van der Waals surface area contributed by atoms with Crippen LogP contribution in [0.2, 0.25) is 0 Å². The largest absolute Gasteiger partial charge is 0.481 e. The molecule has 0 saturated heterocycles. The zero-order valence-corrected chi connectivity index (χ0v) is 34.4. The first-order chi connectivity index (χ1) is 24.9. The summed E-state index contributed by atoms with van der Waals surface area (Å²) < 4.78 is 5.46. The van der Waals surface area contributed by atoms with E-state index < -0.39 is 18.0 Å². The summed E-state index contributed by atoms with van der Waals surface area (Å²) in [5, 5.41) is 11.9. The molecule has 6 heteroatoms. The second-order valence-electron chi connectivity index (χ2n) is 16.1. The monoisotopic (exact) mass is 722 g/mol. The van der Waals surface area contributed by atoms with Crippen LogP contribution in [0.1, 0.15) is 252 Å². The molecule has 0 heterocycles. The third-order valence-corrected chi connectivity index (χ3v) is 10.4. The molecule has 0 aliphatic heterocycles. The van der Waals surface area contributed by atoms with Crippen LogP contribution >= 0.6 is 0 Å². The lowest BCUT2D eigenvalue weighted by Gasteiger charge is -2.17. The molecule has 0 rings (SSSR count). The van der Waals surface area contributed by atoms with E-state index in [1.54, 1.807) is 0 Å². The highest BCUT2D eigenvalue weighted by molar-refractivity contribution is 5.84. The summed E-state index contributed by atoms with van der Waals surface area (Å²) >= 11 is 0. The number of carboxylic acid groups (broad SMARTS) is 1. The number of rotatable bonds is 41. The summed E-state index contributed by atoms with van der Waals surface area (Å²) in [7, 11) is 0. The third kappa shape index (κ3) is 39.5. The molecule has 2 N–H and O–H groups in total. The number of amides is 1. The normalized spacial score (nSPS) is 12.0. The van der Waals surface area contributed by atoms with Gasteiger partial charge in [0.2, 0.25) is 5.91 Å². The van der Waals surface area contributed by atoms with E-state index in [0.29, 0.717) is 13.0 Å². The Bertz CT molecular complexity index is 770. The maximum Gasteiger partial charge on any atom is 0.328 e. The van der Waals surface area contributed by atoms with Crippen molar-refractivity contribution < 1.29 is 24.2 Å². The zero-order valence-electron chi connectivity index (χ0n) is 34.4. The van der Waals surface area contributed by atoms with Gasteiger partial charge >= 0.3 is 11.9 Å². The van der Waals surface area contributed by atoms with Crippen LogP contribution in [0.3, 0.4) is 0 Å². The van der Waals surface area contributed by atoms with Crippen molar-refractivity contribution in [3.63, 3.8) is 0 Å². The SMILES string of the molecule is CCCCCCCCCCCCCCCCCCCC(=O)N[C@@H](CCC(=O)O)C(=O)OCCCCCCCCCCCCCCCCCC(C)C. The number of carbonyl (C=O) groups excluding carboxylic acids is 2. The Labute approximate surface area is 317 Å². The van der Waals surface area contributed by atoms with E-state index in [1.165, 1.54) is 173 Å². The van der Waals surface area contributed by atoms with Crippen molar-refractivity contribution in [1.29, 1.82) is 0 Å². The van der Waals surface area contributed by atoms with Crippen LogP contribution in [0, 0.1) is 5.92 Å². The van der Waals surface area contributed by atoms with Gasteiger partial charge in [0.1, 0.15) is 6.04 Å². The van der Waals surface area contributed by atoms with Crippen molar-refractivity contribution >= 4 is 17.8 Å². The van der Waals surface area contributed by atoms with Crippen LogP contribution in [0.5, 0.6) is 0 Å². The Morgan fingerprint density at radius 3 is 1.20 bits per heavy atom. The minimum Gasteiger partial charge on any atom is -0.481 e. The van der Waals surface area contributed by atoms with Gasteiger partial charge in [0.15, 0.2) is 0 Å². The standard InChI is InChI=1S/C45H87NO5/c1-4-5-6-7-8-9-10-11-12-13-16-19-22-25-28-31-34-37-43(47)46-42(38-39-44(48)49)45(50)51-40-35-32-29-26-23-20-17-14-15-18-21-24-27-30-33-36-41(2)3/h41-42H,4-40H2,1-3H3,(H,46,47)(H,48,49)/t42-/m0/s1. The topological polar surface area (TPSA) is 92.7 Å². The van der Waals surface area contributed by atoms with Crippen LogP contribution in [0.15, 0.2) is 0 Å². The molecule has 0 aliphatic rings. The van der Waals surface area contributed by atoms with Gasteiger partial charge in [0, 0.05) is 12.8 Å². The predicted molar refractivity (Wildman–Crippen MR) is 217 cm³/mol. The van der Waals surface area contributed by atoms with Crippen LogP contribution in [-0.2, 0) is 19.1 Å². The van der Waals surface area contributed by atoms with Crippen molar-refractivity contribution in [2.75, 3.05) is 6.61 Å². The first kappa shape index (κ1) is 49.4. The highest BCUT2D eigenvalue weighted by Gasteiger charge is 2.23. The molecular formula is C45H87NO5. The summed E-state index contributed by atoms with van der Waals surface area (Å²) in [5.41, 5.74) is 0. The molecule has 0 aliphatic carbocycles. The van der Waals surface area contributed by atoms with Gasteiger partial charge in [-0.1, -0.05) is 220 Å². The van der Waals surface area contributed by atoms with Crippen molar-refractivity contribution in [3.05, 3.63) is 0 Å². The third-order valence-electron chi connectivity index (χ3n) is 10.4. The van der Waals surface area contributed by atoms with Crippen LogP contribution in [-0.4, -0.2) is 35.6 Å². The molecular weight excluding hydrogens is 634 g/mol. The minimum atomic E-state index is -0.974. The quantitative estimate of drug-likeness (QED) is 0.0484. The van der Waals surface area contributed by atoms with Crippen molar-refractivity contribution in [1.82, 2.24) is 5.32 Å². The summed E-state index contributed by atoms with van der Waals surface area (Å²) in [6.45, 7) is 7.23. The molecule has 0 aromatic carbocycles. The molecule has 0 unspecified atom stereocenters. The molecule has 51 heavy (non-hydrogen) atoms. The van der Waals surface area contributed by atoms with E-state index >= 15 is 0 Å². The van der Waals surface area contributed by atoms with E-state index in [2.05, 4.69) is 26.1 Å². The first-order valence-electron chi connectivity index (χ1n) is 22.5. The number of carboxylic acids is 1. The van der Waals surface area contributed by atoms with E-state index in [1.807, 2.05) is 0 Å². The number of hydrogen-bond donors (Lipinski definition) is 2. The molecule has 0 radical (unpaired) electrons. The maximum atomic E-state index is 12.7. The summed E-state index contributed by atoms with van der Waals surface area (Å²) in [6.07, 6.45) is 42.9. The van der Waals surface area contributed by atoms with Gasteiger partial charge in [-0.2, -0.15) is 0 Å². The fourth-order valence-corrected chi connectivity index (χ4v) is 7.02. The second kappa shape index (κ2) is 39.6. The van der Waals surface area contributed by atoms with E-state index in [4.69, 9.17) is 9.84 Å². The van der Waals surface area contributed by atoms with Gasteiger partial charge in [-0.3, -0.25) is 9.59 Å². The average molecular weight is 722 g/mol. The predicted octanol–water partition coefficient (Wildman–Crippen LogP) is 13.8. The zero-order chi connectivity index (χ0) is 37.5. The van der Waals surface area contributed by atoms with Gasteiger partial charge in [0.05, 0.1) is 6.61 Å². The van der Waals surface area contributed by atoms with Gasteiger partial charge in [-0.05, 0) is 25.2 Å². The second-order valence-corrected chi connectivity index (χ2v) is 16.1. The van der Waals surface area contributed by atoms with Gasteiger partial charge < -0.3 is 15.2 Å². The summed E-state index contributed by atoms with van der Waals surface area (Å²) in [6, 6.07) is -0.880. The smallest absolute Gasteiger partial charge is 0.328 e. The Balaban J connectivity index is 3.75. The molecule has 302 valence electrons. The Kier molecular flexibility index (Phi) is 38.4. The van der Waals surface area contributed by atoms with Crippen LogP contribution < -0.4 is 5.32 Å². The van der Waals surface area contributed by atoms with Crippen LogP contribution in [0.4, 0.5) is 0 Å². The van der Waals surface area contributed by atoms with Gasteiger partial charge in [0.25, 0.3) is 0 Å². The fourth-order valence-electron chi connectivity index (χ4n) is 7.02. The Morgan fingerprint density at radius 2 is 0.824 bits per heavy atom. The van der Waals surface area contributed by atoms with Crippen LogP contribution in [0.25, 0.3) is 0 Å². The van der Waals surface area contributed by atoms with Gasteiger partial charge in [-0.25, -0.2) is 4.79 Å². The molecule has 1 amide bonds. The highest BCUT2D eigenvalue weighted by Crippen LogP contribution is 2.16. The number of ether oxygens (including phenoxy) is 1. The van der Waals surface area contributed by atoms with E-state index in [-0.39, 0.29) is 18.7 Å². The van der Waals surface area contributed by atoms with E-state index in [0.717, 1.165) is 44.4 Å². The lowest BCUT2D eigenvalue weighted by Crippen LogP contribution is -2.42. The molecule has 6 nitrogen and oxygen atoms in total. The summed E-state index contributed by atoms with van der Waals surface area (Å²) in [4.78, 5) is 36.4. The lowest BCUT2D eigenvalue weighted by molar-refractivity contribution is -0.148. The summed E-state index contributed by atoms with van der Waals surface area (Å²) in [5.74, 6) is -0.812. The minimum absolute atomic E-state index is 0.0669.